The van der Waals surface area contributed by atoms with E-state index >= 15 is 0 Å². The predicted molar refractivity (Wildman–Crippen MR) is 77.6 cm³/mol. The highest BCUT2D eigenvalue weighted by Crippen LogP contribution is 2.45. The van der Waals surface area contributed by atoms with Gasteiger partial charge in [-0.2, -0.15) is 15.0 Å². The third kappa shape index (κ3) is 2.61. The van der Waals surface area contributed by atoms with E-state index in [4.69, 9.17) is 16.3 Å². The van der Waals surface area contributed by atoms with E-state index in [1.807, 2.05) is 0 Å². The van der Waals surface area contributed by atoms with E-state index in [1.54, 1.807) is 6.92 Å². The molecule has 0 aliphatic heterocycles. The molecule has 0 saturated heterocycles. The zero-order valence-electron chi connectivity index (χ0n) is 11.8. The van der Waals surface area contributed by atoms with Crippen LogP contribution in [0.15, 0.2) is 35.2 Å². The lowest BCUT2D eigenvalue weighted by Gasteiger charge is -2.35. The van der Waals surface area contributed by atoms with Crippen molar-refractivity contribution in [3.05, 3.63) is 35.2 Å². The van der Waals surface area contributed by atoms with Crippen LogP contribution in [0.25, 0.3) is 0 Å². The van der Waals surface area contributed by atoms with Crippen molar-refractivity contribution in [1.29, 1.82) is 0 Å². The third-order valence-corrected chi connectivity index (χ3v) is 4.74. The van der Waals surface area contributed by atoms with E-state index < -0.39 is 26.7 Å². The second kappa shape index (κ2) is 5.73. The van der Waals surface area contributed by atoms with Crippen LogP contribution >= 0.6 is 11.6 Å². The monoisotopic (exact) mass is 347 g/mol. The fourth-order valence-electron chi connectivity index (χ4n) is 2.15. The molecule has 1 aromatic heterocycles. The Bertz CT molecular complexity index is 741. The van der Waals surface area contributed by atoms with Crippen molar-refractivity contribution in [2.75, 3.05) is 12.9 Å². The number of nitrogens with zero attached hydrogens (tertiary/aromatic N) is 3. The summed E-state index contributed by atoms with van der Waals surface area (Å²) < 4.78 is 29.3. The summed E-state index contributed by atoms with van der Waals surface area (Å²) in [6, 6.07) is 0. The smallest absolute Gasteiger partial charge is 0.314 e. The number of ether oxygens (including phenoxy) is 1. The van der Waals surface area contributed by atoms with E-state index in [-0.39, 0.29) is 17.3 Å². The van der Waals surface area contributed by atoms with Crippen molar-refractivity contribution in [2.45, 2.75) is 11.9 Å². The van der Waals surface area contributed by atoms with Gasteiger partial charge in [0.05, 0.1) is 19.0 Å². The fourth-order valence-corrected chi connectivity index (χ4v) is 3.50. The van der Waals surface area contributed by atoms with Gasteiger partial charge in [0.2, 0.25) is 5.00 Å². The molecular weight excluding hydrogens is 334 g/mol. The maximum atomic E-state index is 12.0. The topological polar surface area (TPSA) is 111 Å². The van der Waals surface area contributed by atoms with E-state index in [2.05, 4.69) is 10.2 Å². The summed E-state index contributed by atoms with van der Waals surface area (Å²) in [6.45, 7) is 1.74. The van der Waals surface area contributed by atoms with E-state index in [9.17, 15) is 18.3 Å². The molecule has 0 radical (unpaired) electrons. The number of allylic oxidation sites excluding steroid dienone is 2. The molecule has 0 aromatic carbocycles. The summed E-state index contributed by atoms with van der Waals surface area (Å²) >= 11 is 6.51. The van der Waals surface area contributed by atoms with Crippen molar-refractivity contribution < 1.29 is 23.1 Å². The lowest BCUT2D eigenvalue weighted by atomic mass is 9.93. The normalized spacial score (nSPS) is 25.3. The van der Waals surface area contributed by atoms with Gasteiger partial charge in [0.25, 0.3) is 0 Å². The number of hydrogen-bond donors (Lipinski definition) is 1. The maximum Gasteiger partial charge on any atom is 0.314 e. The van der Waals surface area contributed by atoms with Crippen LogP contribution in [-0.4, -0.2) is 47.4 Å². The summed E-state index contributed by atoms with van der Waals surface area (Å²) in [4.78, 5) is 10.4. The first-order valence-corrected chi connectivity index (χ1v) is 8.54. The maximum absolute atomic E-state index is 12.0. The number of carboxylic acid groups (broad SMARTS) is 1. The molecule has 1 aliphatic carbocycles. The molecule has 2 unspecified atom stereocenters. The van der Waals surface area contributed by atoms with Gasteiger partial charge in [0.1, 0.15) is 10.8 Å². The number of rotatable bonds is 5. The number of carboxylic acids is 1. The second-order valence-electron chi connectivity index (χ2n) is 4.57. The fraction of sp³-hybridized carbons (Fsp3) is 0.417. The molecule has 0 saturated carbocycles. The number of aromatic nitrogens is 3. The number of carbonyl (C=O) groups is 1. The van der Waals surface area contributed by atoms with Gasteiger partial charge in [-0.3, -0.25) is 4.79 Å². The SMILES string of the molecule is CCOC1=C(S(C)(=O)=O)C=CC(C(=O)O)C1(Cl)n1nccn1. The number of sulfone groups is 1. The van der Waals surface area contributed by atoms with Crippen LogP contribution in [0.5, 0.6) is 0 Å². The molecule has 2 rings (SSSR count). The molecule has 1 aliphatic rings. The Hall–Kier alpha value is -1.87. The molecule has 10 heteroatoms. The Labute approximate surface area is 131 Å². The van der Waals surface area contributed by atoms with Crippen molar-refractivity contribution in [2.24, 2.45) is 5.92 Å². The van der Waals surface area contributed by atoms with E-state index in [0.717, 1.165) is 11.1 Å². The predicted octanol–water partition coefficient (Wildman–Crippen LogP) is 0.733. The molecule has 1 aromatic rings. The number of aliphatic carboxylic acids is 1. The Kier molecular flexibility index (Phi) is 4.30. The van der Waals surface area contributed by atoms with Gasteiger partial charge in [0.15, 0.2) is 15.6 Å². The number of halogens is 1. The first-order chi connectivity index (χ1) is 10.2. The summed E-state index contributed by atoms with van der Waals surface area (Å²) in [6.07, 6.45) is 5.98. The quantitative estimate of drug-likeness (QED) is 0.781. The van der Waals surface area contributed by atoms with Crippen LogP contribution in [0.1, 0.15) is 6.92 Å². The van der Waals surface area contributed by atoms with Crippen LogP contribution in [0, 0.1) is 5.92 Å². The molecule has 0 amide bonds. The molecule has 0 fully saturated rings. The highest BCUT2D eigenvalue weighted by atomic mass is 35.5. The van der Waals surface area contributed by atoms with Gasteiger partial charge in [0, 0.05) is 6.26 Å². The highest BCUT2D eigenvalue weighted by molar-refractivity contribution is 7.94. The average molecular weight is 348 g/mol. The number of hydrogen-bond acceptors (Lipinski definition) is 6. The summed E-state index contributed by atoms with van der Waals surface area (Å²) in [5, 5.41) is 17.1. The highest BCUT2D eigenvalue weighted by Gasteiger charge is 2.52. The van der Waals surface area contributed by atoms with Gasteiger partial charge in [-0.1, -0.05) is 17.7 Å². The minimum atomic E-state index is -3.69. The minimum absolute atomic E-state index is 0.101. The summed E-state index contributed by atoms with van der Waals surface area (Å²) in [5.74, 6) is -2.76. The molecule has 0 bridgehead atoms. The summed E-state index contributed by atoms with van der Waals surface area (Å²) in [7, 11) is -3.69. The lowest BCUT2D eigenvalue weighted by Crippen LogP contribution is -2.45. The summed E-state index contributed by atoms with van der Waals surface area (Å²) in [5.41, 5.74) is 0. The van der Waals surface area contributed by atoms with Crippen molar-refractivity contribution in [3.8, 4) is 0 Å². The van der Waals surface area contributed by atoms with Crippen LogP contribution in [0.2, 0.25) is 0 Å². The van der Waals surface area contributed by atoms with E-state index in [0.29, 0.717) is 0 Å². The zero-order valence-corrected chi connectivity index (χ0v) is 13.4. The Morgan fingerprint density at radius 1 is 1.50 bits per heavy atom. The van der Waals surface area contributed by atoms with Gasteiger partial charge >= 0.3 is 5.97 Å². The Morgan fingerprint density at radius 3 is 2.55 bits per heavy atom. The van der Waals surface area contributed by atoms with Gasteiger partial charge < -0.3 is 9.84 Å². The van der Waals surface area contributed by atoms with Crippen LogP contribution in [0.4, 0.5) is 0 Å². The van der Waals surface area contributed by atoms with Gasteiger partial charge in [-0.25, -0.2) is 8.42 Å². The van der Waals surface area contributed by atoms with E-state index in [1.165, 1.54) is 24.5 Å². The molecule has 8 nitrogen and oxygen atoms in total. The molecule has 1 N–H and O–H groups in total. The molecular formula is C12H14ClN3O5S. The Balaban J connectivity index is 2.78. The average Bonchev–Trinajstić information content (AvgIpc) is 2.93. The minimum Gasteiger partial charge on any atom is -0.493 e. The van der Waals surface area contributed by atoms with Crippen LogP contribution in [0.3, 0.4) is 0 Å². The standard InChI is InChI=1S/C12H14ClN3O5S/c1-3-21-10-9(22(2,19)20)5-4-8(11(17)18)12(10,13)16-14-6-7-15-16/h4-8H,3H2,1-2H3,(H,17,18). The van der Waals surface area contributed by atoms with Crippen LogP contribution in [-0.2, 0) is 24.4 Å². The number of alkyl halides is 1. The third-order valence-electron chi connectivity index (χ3n) is 3.06. The first-order valence-electron chi connectivity index (χ1n) is 6.27. The molecule has 2 atom stereocenters. The van der Waals surface area contributed by atoms with Crippen LogP contribution < -0.4 is 0 Å². The first kappa shape index (κ1) is 16.5. The molecule has 120 valence electrons. The van der Waals surface area contributed by atoms with Gasteiger partial charge in [-0.05, 0) is 13.0 Å². The largest absolute Gasteiger partial charge is 0.493 e. The Morgan fingerprint density at radius 2 is 2.09 bits per heavy atom. The molecule has 0 spiro atoms. The lowest BCUT2D eigenvalue weighted by molar-refractivity contribution is -0.142. The van der Waals surface area contributed by atoms with Gasteiger partial charge in [-0.15, -0.1) is 0 Å². The van der Waals surface area contributed by atoms with Crippen molar-refractivity contribution >= 4 is 27.4 Å². The molecule has 1 heterocycles. The molecule has 22 heavy (non-hydrogen) atoms. The van der Waals surface area contributed by atoms with Crippen molar-refractivity contribution in [3.63, 3.8) is 0 Å². The zero-order chi connectivity index (χ0) is 16.5. The van der Waals surface area contributed by atoms with Crippen molar-refractivity contribution in [1.82, 2.24) is 15.0 Å². The second-order valence-corrected chi connectivity index (χ2v) is 7.13.